The van der Waals surface area contributed by atoms with E-state index in [-0.39, 0.29) is 18.5 Å². The first-order valence-electron chi connectivity index (χ1n) is 22.8. The lowest BCUT2D eigenvalue weighted by atomic mass is 10.0. The normalized spacial score (nSPS) is 12.4. The van der Waals surface area contributed by atoms with Crippen molar-refractivity contribution in [2.45, 2.75) is 264 Å². The van der Waals surface area contributed by atoms with E-state index in [1.165, 1.54) is 154 Å². The van der Waals surface area contributed by atoms with Crippen molar-refractivity contribution in [1.29, 1.82) is 0 Å². The number of esters is 1. The topological polar surface area (TPSA) is 63.6 Å². The number of carboxylic acid groups (broad SMARTS) is 1. The van der Waals surface area contributed by atoms with Gasteiger partial charge in [0.25, 0.3) is 0 Å². The van der Waals surface area contributed by atoms with Gasteiger partial charge in [0.1, 0.15) is 6.10 Å². The van der Waals surface area contributed by atoms with Crippen molar-refractivity contribution in [3.8, 4) is 0 Å². The van der Waals surface area contributed by atoms with Crippen LogP contribution >= 0.6 is 0 Å². The number of carbonyl (C=O) groups excluding carboxylic acids is 1. The molecule has 0 aromatic heterocycles. The zero-order valence-electron chi connectivity index (χ0n) is 34.4. The van der Waals surface area contributed by atoms with Crippen LogP contribution in [0.4, 0.5) is 0 Å². The van der Waals surface area contributed by atoms with Gasteiger partial charge in [-0.2, -0.15) is 0 Å². The predicted octanol–water partition coefficient (Wildman–Crippen LogP) is 16.0. The van der Waals surface area contributed by atoms with Crippen LogP contribution in [0.1, 0.15) is 258 Å². The molecule has 1 unspecified atom stereocenters. The van der Waals surface area contributed by atoms with Crippen molar-refractivity contribution >= 4 is 11.9 Å². The van der Waals surface area contributed by atoms with Gasteiger partial charge in [-0.05, 0) is 70.6 Å². The second-order valence-corrected chi connectivity index (χ2v) is 15.6. The first-order valence-corrected chi connectivity index (χ1v) is 22.8. The minimum atomic E-state index is -0.701. The second-order valence-electron chi connectivity index (χ2n) is 15.6. The predicted molar refractivity (Wildman–Crippen MR) is 223 cm³/mol. The zero-order valence-corrected chi connectivity index (χ0v) is 34.4. The molecule has 0 saturated heterocycles. The van der Waals surface area contributed by atoms with Gasteiger partial charge in [0.05, 0.1) is 0 Å². The summed E-state index contributed by atoms with van der Waals surface area (Å²) in [7, 11) is 0. The molecule has 0 spiro atoms. The monoisotopic (exact) mass is 717 g/mol. The number of carbonyl (C=O) groups is 2. The Kier molecular flexibility index (Phi) is 41.5. The highest BCUT2D eigenvalue weighted by atomic mass is 16.5. The van der Waals surface area contributed by atoms with Crippen LogP contribution in [0.2, 0.25) is 0 Å². The summed E-state index contributed by atoms with van der Waals surface area (Å²) in [6, 6.07) is 0. The van der Waals surface area contributed by atoms with Crippen LogP contribution in [0.15, 0.2) is 24.3 Å². The van der Waals surface area contributed by atoms with Crippen molar-refractivity contribution in [3.63, 3.8) is 0 Å². The van der Waals surface area contributed by atoms with Crippen LogP contribution in [0, 0.1) is 0 Å². The van der Waals surface area contributed by atoms with Crippen molar-refractivity contribution in [1.82, 2.24) is 0 Å². The fraction of sp³-hybridized carbons (Fsp3) is 0.872. The molecule has 0 aromatic rings. The third-order valence-corrected chi connectivity index (χ3v) is 10.4. The van der Waals surface area contributed by atoms with Gasteiger partial charge in [0.2, 0.25) is 0 Å². The number of carboxylic acids is 1. The number of ether oxygens (including phenoxy) is 1. The maximum atomic E-state index is 12.7. The fourth-order valence-electron chi connectivity index (χ4n) is 7.04. The van der Waals surface area contributed by atoms with Crippen LogP contribution in [0.5, 0.6) is 0 Å². The van der Waals surface area contributed by atoms with Crippen molar-refractivity contribution in [2.75, 3.05) is 0 Å². The molecule has 0 amide bonds. The number of hydrogen-bond acceptors (Lipinski definition) is 3. The summed E-state index contributed by atoms with van der Waals surface area (Å²) in [5.41, 5.74) is 0. The summed E-state index contributed by atoms with van der Waals surface area (Å²) in [4.78, 5) is 23.5. The van der Waals surface area contributed by atoms with Crippen LogP contribution in [0.3, 0.4) is 0 Å². The molecule has 0 aliphatic carbocycles. The first kappa shape index (κ1) is 49.4. The van der Waals surface area contributed by atoms with E-state index in [1.54, 1.807) is 0 Å². The summed E-state index contributed by atoms with van der Waals surface area (Å²) in [5.74, 6) is -0.706. The van der Waals surface area contributed by atoms with E-state index >= 15 is 0 Å². The van der Waals surface area contributed by atoms with Gasteiger partial charge >= 0.3 is 11.9 Å². The average Bonchev–Trinajstić information content (AvgIpc) is 3.12. The number of unbranched alkanes of at least 4 members (excludes halogenated alkanes) is 29. The molecule has 0 aliphatic heterocycles. The average molecular weight is 717 g/mol. The van der Waals surface area contributed by atoms with Crippen molar-refractivity contribution < 1.29 is 19.4 Å². The molecule has 4 heteroatoms. The Morgan fingerprint density at radius 3 is 1.18 bits per heavy atom. The molecule has 0 heterocycles. The molecule has 0 saturated carbocycles. The maximum absolute atomic E-state index is 12.7. The lowest BCUT2D eigenvalue weighted by Crippen LogP contribution is -2.18. The Labute approximate surface area is 318 Å². The Bertz CT molecular complexity index is 772. The molecule has 4 nitrogen and oxygen atoms in total. The number of aliphatic carboxylic acids is 1. The highest BCUT2D eigenvalue weighted by Crippen LogP contribution is 2.19. The molecule has 1 atom stereocenters. The number of hydrogen-bond donors (Lipinski definition) is 1. The van der Waals surface area contributed by atoms with Gasteiger partial charge in [-0.1, -0.05) is 199 Å². The molecule has 0 aromatic carbocycles. The molecule has 300 valence electrons. The van der Waals surface area contributed by atoms with Gasteiger partial charge in [0.15, 0.2) is 0 Å². The Balaban J connectivity index is 4.00. The standard InChI is InChI=1S/C47H88O4/c1-3-5-7-9-11-13-15-17-19-20-21-23-25-27-29-31-36-40-44-47(50)51-45(42-38-34-32-35-39-43-46(48)49)41-37-33-30-28-26-24-22-18-16-14-12-10-8-6-4-2/h16,18,24,26,45H,3-15,17,19-23,25,27-44H2,1-2H3,(H,48,49)/b18-16-,26-24-. The Morgan fingerprint density at radius 2 is 0.765 bits per heavy atom. The molecule has 0 radical (unpaired) electrons. The second kappa shape index (κ2) is 42.8. The molecule has 0 bridgehead atoms. The molecule has 0 aliphatic rings. The molecule has 51 heavy (non-hydrogen) atoms. The smallest absolute Gasteiger partial charge is 0.306 e. The highest BCUT2D eigenvalue weighted by molar-refractivity contribution is 5.69. The van der Waals surface area contributed by atoms with Gasteiger partial charge in [-0.15, -0.1) is 0 Å². The molecular weight excluding hydrogens is 629 g/mol. The summed E-state index contributed by atoms with van der Waals surface area (Å²) < 4.78 is 6.02. The van der Waals surface area contributed by atoms with E-state index in [4.69, 9.17) is 9.84 Å². The van der Waals surface area contributed by atoms with Crippen LogP contribution in [-0.4, -0.2) is 23.1 Å². The maximum Gasteiger partial charge on any atom is 0.306 e. The lowest BCUT2D eigenvalue weighted by molar-refractivity contribution is -0.150. The van der Waals surface area contributed by atoms with E-state index in [2.05, 4.69) is 38.2 Å². The number of allylic oxidation sites excluding steroid dienone is 4. The quantitative estimate of drug-likeness (QED) is 0.0388. The molecule has 1 N–H and O–H groups in total. The summed E-state index contributed by atoms with van der Waals surface area (Å²) >= 11 is 0. The SMILES string of the molecule is CCCCCCC/C=C\C/C=C\CCCCCC(CCCCCCCC(=O)O)OC(=O)CCCCCCCCCCCCCCCCCCCC. The zero-order chi connectivity index (χ0) is 37.1. The lowest BCUT2D eigenvalue weighted by Gasteiger charge is -2.18. The largest absolute Gasteiger partial charge is 0.481 e. The molecular formula is C47H88O4. The fourth-order valence-corrected chi connectivity index (χ4v) is 7.04. The third kappa shape index (κ3) is 42.7. The Morgan fingerprint density at radius 1 is 0.431 bits per heavy atom. The van der Waals surface area contributed by atoms with Crippen molar-refractivity contribution in [3.05, 3.63) is 24.3 Å². The van der Waals surface area contributed by atoms with Gasteiger partial charge in [-0.25, -0.2) is 0 Å². The van der Waals surface area contributed by atoms with E-state index in [0.717, 1.165) is 77.0 Å². The van der Waals surface area contributed by atoms with Crippen molar-refractivity contribution in [2.24, 2.45) is 0 Å². The minimum absolute atomic E-state index is 0.00472. The first-order chi connectivity index (χ1) is 25.1. The number of rotatable bonds is 42. The molecule has 0 fully saturated rings. The van der Waals surface area contributed by atoms with Gasteiger partial charge < -0.3 is 9.84 Å². The van der Waals surface area contributed by atoms with Crippen LogP contribution in [-0.2, 0) is 14.3 Å². The summed E-state index contributed by atoms with van der Waals surface area (Å²) in [5, 5.41) is 8.85. The van der Waals surface area contributed by atoms with E-state index < -0.39 is 5.97 Å². The van der Waals surface area contributed by atoms with Crippen LogP contribution in [0.25, 0.3) is 0 Å². The highest BCUT2D eigenvalue weighted by Gasteiger charge is 2.14. The minimum Gasteiger partial charge on any atom is -0.481 e. The van der Waals surface area contributed by atoms with Crippen LogP contribution < -0.4 is 0 Å². The summed E-state index contributed by atoms with van der Waals surface area (Å²) in [6.45, 7) is 4.56. The van der Waals surface area contributed by atoms with E-state index in [9.17, 15) is 9.59 Å². The molecule has 0 rings (SSSR count). The van der Waals surface area contributed by atoms with Gasteiger partial charge in [0, 0.05) is 12.8 Å². The van der Waals surface area contributed by atoms with E-state index in [1.807, 2.05) is 0 Å². The van der Waals surface area contributed by atoms with E-state index in [0.29, 0.717) is 6.42 Å². The van der Waals surface area contributed by atoms with Gasteiger partial charge in [-0.3, -0.25) is 9.59 Å². The summed E-state index contributed by atoms with van der Waals surface area (Å²) in [6.07, 6.45) is 55.0. The Hall–Kier alpha value is -1.58. The third-order valence-electron chi connectivity index (χ3n) is 10.4.